The second-order valence-electron chi connectivity index (χ2n) is 6.75. The van der Waals surface area contributed by atoms with Crippen LogP contribution in [-0.4, -0.2) is 13.7 Å². The Bertz CT molecular complexity index is 958. The van der Waals surface area contributed by atoms with E-state index in [1.807, 2.05) is 42.5 Å². The molecule has 1 aliphatic rings. The van der Waals surface area contributed by atoms with E-state index in [0.29, 0.717) is 28.7 Å². The zero-order valence-electron chi connectivity index (χ0n) is 15.5. The molecule has 3 aromatic carbocycles. The lowest BCUT2D eigenvalue weighted by atomic mass is 9.89. The second-order valence-corrected chi connectivity index (χ2v) is 7.16. The number of methoxy groups -OCH3 is 1. The molecule has 0 aliphatic carbocycles. The fourth-order valence-corrected chi connectivity index (χ4v) is 3.89. The van der Waals surface area contributed by atoms with Crippen molar-refractivity contribution >= 4 is 11.6 Å². The predicted octanol–water partition coefficient (Wildman–Crippen LogP) is 5.30. The number of fused-ring (bicyclic) bond motifs is 1. The lowest BCUT2D eigenvalue weighted by Gasteiger charge is -2.29. The lowest BCUT2D eigenvalue weighted by molar-refractivity contribution is 0.283. The maximum atomic E-state index is 14.6. The average molecular weight is 398 g/mol. The highest BCUT2D eigenvalue weighted by Crippen LogP contribution is 2.40. The minimum absolute atomic E-state index is 0.319. The van der Waals surface area contributed by atoms with Crippen molar-refractivity contribution in [2.45, 2.75) is 19.1 Å². The van der Waals surface area contributed by atoms with Gasteiger partial charge in [0.1, 0.15) is 12.4 Å². The molecule has 1 N–H and O–H groups in total. The molecule has 0 amide bonds. The zero-order valence-corrected chi connectivity index (χ0v) is 16.3. The van der Waals surface area contributed by atoms with Crippen LogP contribution in [0.2, 0.25) is 5.02 Å². The number of halogens is 2. The summed E-state index contributed by atoms with van der Waals surface area (Å²) in [4.78, 5) is 0. The molecule has 0 aromatic heterocycles. The summed E-state index contributed by atoms with van der Waals surface area (Å²) in [5, 5.41) is 3.80. The number of rotatable bonds is 5. The molecule has 28 heavy (non-hydrogen) atoms. The first kappa shape index (κ1) is 18.8. The van der Waals surface area contributed by atoms with Crippen molar-refractivity contribution in [1.82, 2.24) is 5.32 Å². The Balaban J connectivity index is 1.72. The van der Waals surface area contributed by atoms with Gasteiger partial charge in [-0.15, -0.1) is 0 Å². The quantitative estimate of drug-likeness (QED) is 0.633. The zero-order chi connectivity index (χ0) is 19.5. The molecule has 1 atom stereocenters. The smallest absolute Gasteiger partial charge is 0.162 e. The van der Waals surface area contributed by atoms with Crippen molar-refractivity contribution < 1.29 is 13.9 Å². The first-order valence-electron chi connectivity index (χ1n) is 9.22. The first-order chi connectivity index (χ1) is 13.7. The van der Waals surface area contributed by atoms with Crippen molar-refractivity contribution in [2.75, 3.05) is 13.7 Å². The summed E-state index contributed by atoms with van der Waals surface area (Å²) in [6.07, 6.45) is 0.827. The Morgan fingerprint density at radius 2 is 1.89 bits per heavy atom. The van der Waals surface area contributed by atoms with Crippen LogP contribution in [0.5, 0.6) is 11.5 Å². The summed E-state index contributed by atoms with van der Waals surface area (Å²) in [6, 6.07) is 18.3. The van der Waals surface area contributed by atoms with E-state index in [0.717, 1.165) is 29.7 Å². The molecule has 3 aromatic rings. The molecule has 0 saturated heterocycles. The Labute approximate surface area is 169 Å². The molecule has 0 radical (unpaired) electrons. The van der Waals surface area contributed by atoms with Crippen LogP contribution in [0.15, 0.2) is 60.7 Å². The summed E-state index contributed by atoms with van der Waals surface area (Å²) in [5.74, 6) is 0.988. The first-order valence-corrected chi connectivity index (χ1v) is 9.60. The molecule has 4 rings (SSSR count). The third kappa shape index (κ3) is 3.71. The van der Waals surface area contributed by atoms with Gasteiger partial charge in [-0.05, 0) is 47.4 Å². The van der Waals surface area contributed by atoms with E-state index in [4.69, 9.17) is 21.1 Å². The topological polar surface area (TPSA) is 30.5 Å². The van der Waals surface area contributed by atoms with Crippen molar-refractivity contribution in [1.29, 1.82) is 0 Å². The third-order valence-corrected chi connectivity index (χ3v) is 5.33. The molecule has 144 valence electrons. The summed E-state index contributed by atoms with van der Waals surface area (Å²) in [5.41, 5.74) is 3.59. The Hall–Kier alpha value is -2.56. The Morgan fingerprint density at radius 1 is 1.07 bits per heavy atom. The molecule has 0 fully saturated rings. The number of hydrogen-bond acceptors (Lipinski definition) is 3. The van der Waals surface area contributed by atoms with E-state index in [1.165, 1.54) is 6.07 Å². The standard InChI is InChI=1S/C23H21ClFNO2/c1-27-20-12-16-10-11-26-23(22-18(24)8-5-9-19(22)25)17(16)13-21(20)28-14-15-6-3-2-4-7-15/h2-9,12-13,23,26H,10-11,14H2,1H3. The van der Waals surface area contributed by atoms with Crippen molar-refractivity contribution in [3.05, 3.63) is 93.8 Å². The van der Waals surface area contributed by atoms with Gasteiger partial charge in [-0.2, -0.15) is 0 Å². The fraction of sp³-hybridized carbons (Fsp3) is 0.217. The molecular weight excluding hydrogens is 377 g/mol. The molecule has 1 unspecified atom stereocenters. The van der Waals surface area contributed by atoms with Crippen LogP contribution in [0.1, 0.15) is 28.3 Å². The highest BCUT2D eigenvalue weighted by molar-refractivity contribution is 6.31. The third-order valence-electron chi connectivity index (χ3n) is 5.00. The SMILES string of the molecule is COc1cc2c(cc1OCc1ccccc1)C(c1c(F)cccc1Cl)NCC2. The molecular formula is C23H21ClFNO2. The molecule has 0 bridgehead atoms. The van der Waals surface area contributed by atoms with Crippen LogP contribution in [0.4, 0.5) is 4.39 Å². The van der Waals surface area contributed by atoms with E-state index in [-0.39, 0.29) is 11.9 Å². The fourth-order valence-electron chi connectivity index (χ4n) is 3.62. The summed E-state index contributed by atoms with van der Waals surface area (Å²) in [6.45, 7) is 1.16. The van der Waals surface area contributed by atoms with Crippen molar-refractivity contribution in [2.24, 2.45) is 0 Å². The van der Waals surface area contributed by atoms with Gasteiger partial charge < -0.3 is 14.8 Å². The predicted molar refractivity (Wildman–Crippen MR) is 109 cm³/mol. The number of ether oxygens (including phenoxy) is 2. The summed E-state index contributed by atoms with van der Waals surface area (Å²) in [7, 11) is 1.63. The van der Waals surface area contributed by atoms with Gasteiger partial charge in [0, 0.05) is 17.1 Å². The van der Waals surface area contributed by atoms with Gasteiger partial charge in [0.2, 0.25) is 0 Å². The van der Waals surface area contributed by atoms with E-state index < -0.39 is 0 Å². The number of hydrogen-bond donors (Lipinski definition) is 1. The largest absolute Gasteiger partial charge is 0.493 e. The Morgan fingerprint density at radius 3 is 2.64 bits per heavy atom. The number of benzene rings is 3. The van der Waals surface area contributed by atoms with Crippen LogP contribution < -0.4 is 14.8 Å². The van der Waals surface area contributed by atoms with Gasteiger partial charge in [-0.1, -0.05) is 48.0 Å². The minimum atomic E-state index is -0.331. The second kappa shape index (κ2) is 8.21. The van der Waals surface area contributed by atoms with Crippen LogP contribution >= 0.6 is 11.6 Å². The lowest BCUT2D eigenvalue weighted by Crippen LogP contribution is -2.31. The summed E-state index contributed by atoms with van der Waals surface area (Å²) < 4.78 is 26.2. The van der Waals surface area contributed by atoms with Gasteiger partial charge in [0.25, 0.3) is 0 Å². The van der Waals surface area contributed by atoms with Gasteiger partial charge in [-0.3, -0.25) is 0 Å². The van der Waals surface area contributed by atoms with Crippen molar-refractivity contribution in [3.8, 4) is 11.5 Å². The van der Waals surface area contributed by atoms with Crippen molar-refractivity contribution in [3.63, 3.8) is 0 Å². The maximum Gasteiger partial charge on any atom is 0.162 e. The average Bonchev–Trinajstić information content (AvgIpc) is 2.72. The number of nitrogens with one attached hydrogen (secondary N) is 1. The van der Waals surface area contributed by atoms with E-state index in [1.54, 1.807) is 19.2 Å². The molecule has 5 heteroatoms. The molecule has 0 spiro atoms. The molecule has 1 heterocycles. The van der Waals surface area contributed by atoms with Crippen LogP contribution in [0.25, 0.3) is 0 Å². The molecule has 3 nitrogen and oxygen atoms in total. The maximum absolute atomic E-state index is 14.6. The van der Waals surface area contributed by atoms with Gasteiger partial charge in [0.15, 0.2) is 11.5 Å². The molecule has 0 saturated carbocycles. The highest BCUT2D eigenvalue weighted by atomic mass is 35.5. The van der Waals surface area contributed by atoms with Crippen LogP contribution in [-0.2, 0) is 13.0 Å². The van der Waals surface area contributed by atoms with Gasteiger partial charge in [-0.25, -0.2) is 4.39 Å². The Kier molecular flexibility index (Phi) is 5.51. The van der Waals surface area contributed by atoms with E-state index in [9.17, 15) is 4.39 Å². The monoisotopic (exact) mass is 397 g/mol. The van der Waals surface area contributed by atoms with Crippen LogP contribution in [0, 0.1) is 5.82 Å². The van der Waals surface area contributed by atoms with E-state index in [2.05, 4.69) is 5.32 Å². The van der Waals surface area contributed by atoms with Gasteiger partial charge >= 0.3 is 0 Å². The van der Waals surface area contributed by atoms with E-state index >= 15 is 0 Å². The molecule has 1 aliphatic heterocycles. The minimum Gasteiger partial charge on any atom is -0.493 e. The highest BCUT2D eigenvalue weighted by Gasteiger charge is 2.27. The van der Waals surface area contributed by atoms with Crippen LogP contribution in [0.3, 0.4) is 0 Å². The van der Waals surface area contributed by atoms with Gasteiger partial charge in [0.05, 0.1) is 13.2 Å². The summed E-state index contributed by atoms with van der Waals surface area (Å²) >= 11 is 6.33. The normalized spacial score (nSPS) is 15.8.